The number of rotatable bonds is 8. The highest BCUT2D eigenvalue weighted by Gasteiger charge is 2.24. The van der Waals surface area contributed by atoms with E-state index in [1.807, 2.05) is 48.5 Å². The van der Waals surface area contributed by atoms with Crippen molar-refractivity contribution in [2.45, 2.75) is 50.9 Å². The lowest BCUT2D eigenvalue weighted by atomic mass is 9.99. The first-order chi connectivity index (χ1) is 13.6. The van der Waals surface area contributed by atoms with Gasteiger partial charge in [-0.15, -0.1) is 0 Å². The van der Waals surface area contributed by atoms with E-state index in [0.29, 0.717) is 22.6 Å². The number of nitrogens with zero attached hydrogens (tertiary/aromatic N) is 1. The number of aliphatic hydroxyl groups is 1. The van der Waals surface area contributed by atoms with Gasteiger partial charge in [-0.25, -0.2) is 0 Å². The molecular formula is C23H29Cl2NO2. The van der Waals surface area contributed by atoms with Crippen LogP contribution in [-0.2, 0) is 4.74 Å². The highest BCUT2D eigenvalue weighted by atomic mass is 35.5. The lowest BCUT2D eigenvalue weighted by Crippen LogP contribution is -2.44. The maximum Gasteiger partial charge on any atom is 0.108 e. The average Bonchev–Trinajstić information content (AvgIpc) is 2.71. The third kappa shape index (κ3) is 5.95. The average molecular weight is 422 g/mol. The molecule has 1 aliphatic heterocycles. The summed E-state index contributed by atoms with van der Waals surface area (Å²) in [6.45, 7) is 4.23. The molecule has 2 atom stereocenters. The van der Waals surface area contributed by atoms with Gasteiger partial charge >= 0.3 is 0 Å². The van der Waals surface area contributed by atoms with Gasteiger partial charge in [-0.05, 0) is 61.2 Å². The molecule has 0 aliphatic carbocycles. The molecule has 28 heavy (non-hydrogen) atoms. The summed E-state index contributed by atoms with van der Waals surface area (Å²) in [5.74, 6) is 0. The number of aliphatic hydroxyl groups excluding tert-OH is 1. The second kappa shape index (κ2) is 10.6. The maximum atomic E-state index is 10.6. The SMILES string of the molecule is CC[C@H]1CCCCN1C[C@H](O)COC(c1ccc(Cl)cc1)c1ccc(Cl)cc1. The van der Waals surface area contributed by atoms with Crippen LogP contribution in [0.3, 0.4) is 0 Å². The predicted molar refractivity (Wildman–Crippen MR) is 116 cm³/mol. The van der Waals surface area contributed by atoms with Gasteiger partial charge in [-0.1, -0.05) is 60.8 Å². The Hall–Kier alpha value is -1.10. The fraction of sp³-hybridized carbons (Fsp3) is 0.478. The molecule has 0 saturated carbocycles. The molecule has 0 amide bonds. The fourth-order valence-corrected chi connectivity index (χ4v) is 4.21. The standard InChI is InChI=1S/C23H29Cl2NO2/c1-2-21-5-3-4-14-26(21)15-22(27)16-28-23(17-6-10-19(24)11-7-17)18-8-12-20(25)13-9-18/h6-13,21-23,27H,2-5,14-16H2,1H3/t21-,22-/m0/s1. The lowest BCUT2D eigenvalue weighted by Gasteiger charge is -2.36. The summed E-state index contributed by atoms with van der Waals surface area (Å²) in [7, 11) is 0. The molecule has 1 aliphatic rings. The molecule has 2 aromatic carbocycles. The van der Waals surface area contributed by atoms with Crippen molar-refractivity contribution in [3.8, 4) is 0 Å². The second-order valence-electron chi connectivity index (χ2n) is 7.52. The van der Waals surface area contributed by atoms with Crippen LogP contribution in [0.15, 0.2) is 48.5 Å². The number of hydrogen-bond donors (Lipinski definition) is 1. The Morgan fingerprint density at radius 2 is 1.57 bits per heavy atom. The van der Waals surface area contributed by atoms with Crippen molar-refractivity contribution in [1.29, 1.82) is 0 Å². The zero-order chi connectivity index (χ0) is 19.9. The number of benzene rings is 2. The van der Waals surface area contributed by atoms with Crippen molar-refractivity contribution in [2.75, 3.05) is 19.7 Å². The molecule has 0 aromatic heterocycles. The van der Waals surface area contributed by atoms with Crippen LogP contribution in [0, 0.1) is 0 Å². The summed E-state index contributed by atoms with van der Waals surface area (Å²) >= 11 is 12.1. The summed E-state index contributed by atoms with van der Waals surface area (Å²) in [4.78, 5) is 2.41. The van der Waals surface area contributed by atoms with E-state index in [0.717, 1.165) is 24.1 Å². The molecule has 3 rings (SSSR count). The summed E-state index contributed by atoms with van der Waals surface area (Å²) < 4.78 is 6.20. The molecule has 3 nitrogen and oxygen atoms in total. The number of piperidine rings is 1. The Labute approximate surface area is 178 Å². The van der Waals surface area contributed by atoms with E-state index in [9.17, 15) is 5.11 Å². The van der Waals surface area contributed by atoms with Crippen LogP contribution >= 0.6 is 23.2 Å². The van der Waals surface area contributed by atoms with Gasteiger partial charge in [0.2, 0.25) is 0 Å². The summed E-state index contributed by atoms with van der Waals surface area (Å²) in [6.07, 6.45) is 4.06. The minimum atomic E-state index is -0.519. The maximum absolute atomic E-state index is 10.6. The summed E-state index contributed by atoms with van der Waals surface area (Å²) in [5, 5.41) is 12.0. The Kier molecular flexibility index (Phi) is 8.19. The van der Waals surface area contributed by atoms with Crippen LogP contribution in [0.25, 0.3) is 0 Å². The molecule has 1 heterocycles. The van der Waals surface area contributed by atoms with E-state index in [4.69, 9.17) is 27.9 Å². The largest absolute Gasteiger partial charge is 0.389 e. The molecule has 1 N–H and O–H groups in total. The van der Waals surface area contributed by atoms with Crippen LogP contribution in [-0.4, -0.2) is 41.8 Å². The quantitative estimate of drug-likeness (QED) is 0.590. The molecule has 0 bridgehead atoms. The van der Waals surface area contributed by atoms with Crippen molar-refractivity contribution in [3.05, 3.63) is 69.7 Å². The van der Waals surface area contributed by atoms with Gasteiger partial charge in [-0.2, -0.15) is 0 Å². The third-order valence-corrected chi connectivity index (χ3v) is 5.97. The van der Waals surface area contributed by atoms with Crippen molar-refractivity contribution in [3.63, 3.8) is 0 Å². The number of halogens is 2. The molecule has 1 fully saturated rings. The highest BCUT2D eigenvalue weighted by Crippen LogP contribution is 2.28. The van der Waals surface area contributed by atoms with Gasteiger partial charge in [0.25, 0.3) is 0 Å². The second-order valence-corrected chi connectivity index (χ2v) is 8.40. The normalized spacial score (nSPS) is 19.1. The molecule has 0 spiro atoms. The predicted octanol–water partition coefficient (Wildman–Crippen LogP) is 5.72. The number of hydrogen-bond acceptors (Lipinski definition) is 3. The van der Waals surface area contributed by atoms with E-state index in [-0.39, 0.29) is 12.7 Å². The van der Waals surface area contributed by atoms with Crippen LogP contribution < -0.4 is 0 Å². The number of β-amino-alcohol motifs (C(OH)–C–C–N with tert-alkyl or cyclic N) is 1. The third-order valence-electron chi connectivity index (χ3n) is 5.47. The first-order valence-corrected chi connectivity index (χ1v) is 10.9. The van der Waals surface area contributed by atoms with E-state index >= 15 is 0 Å². The topological polar surface area (TPSA) is 32.7 Å². The van der Waals surface area contributed by atoms with Crippen LogP contribution in [0.4, 0.5) is 0 Å². The molecule has 152 valence electrons. The first-order valence-electron chi connectivity index (χ1n) is 10.1. The zero-order valence-electron chi connectivity index (χ0n) is 16.4. The van der Waals surface area contributed by atoms with E-state index in [1.165, 1.54) is 19.3 Å². The lowest BCUT2D eigenvalue weighted by molar-refractivity contribution is -0.0187. The van der Waals surface area contributed by atoms with Crippen molar-refractivity contribution >= 4 is 23.2 Å². The van der Waals surface area contributed by atoms with Gasteiger partial charge in [-0.3, -0.25) is 4.90 Å². The van der Waals surface area contributed by atoms with Gasteiger partial charge < -0.3 is 9.84 Å². The van der Waals surface area contributed by atoms with Gasteiger partial charge in [0, 0.05) is 22.6 Å². The molecule has 1 saturated heterocycles. The van der Waals surface area contributed by atoms with Gasteiger partial charge in [0.1, 0.15) is 6.10 Å². The van der Waals surface area contributed by atoms with Gasteiger partial charge in [0.05, 0.1) is 12.7 Å². The molecule has 0 radical (unpaired) electrons. The van der Waals surface area contributed by atoms with Crippen LogP contribution in [0.5, 0.6) is 0 Å². The van der Waals surface area contributed by atoms with Crippen molar-refractivity contribution < 1.29 is 9.84 Å². The smallest absolute Gasteiger partial charge is 0.108 e. The first kappa shape index (κ1) is 21.6. The van der Waals surface area contributed by atoms with E-state index in [2.05, 4.69) is 11.8 Å². The number of ether oxygens (including phenoxy) is 1. The van der Waals surface area contributed by atoms with Crippen molar-refractivity contribution in [2.24, 2.45) is 0 Å². The fourth-order valence-electron chi connectivity index (χ4n) is 3.95. The van der Waals surface area contributed by atoms with E-state index < -0.39 is 6.10 Å². The monoisotopic (exact) mass is 421 g/mol. The number of likely N-dealkylation sites (tertiary alicyclic amines) is 1. The van der Waals surface area contributed by atoms with Gasteiger partial charge in [0.15, 0.2) is 0 Å². The summed E-state index contributed by atoms with van der Waals surface area (Å²) in [5.41, 5.74) is 2.01. The highest BCUT2D eigenvalue weighted by molar-refractivity contribution is 6.30. The van der Waals surface area contributed by atoms with Crippen LogP contribution in [0.1, 0.15) is 49.8 Å². The Balaban J connectivity index is 1.67. The zero-order valence-corrected chi connectivity index (χ0v) is 17.9. The minimum Gasteiger partial charge on any atom is -0.389 e. The summed E-state index contributed by atoms with van der Waals surface area (Å²) in [6, 6.07) is 15.9. The Morgan fingerprint density at radius 3 is 2.11 bits per heavy atom. The Bertz CT molecular complexity index is 675. The molecular weight excluding hydrogens is 393 g/mol. The Morgan fingerprint density at radius 1 is 1.00 bits per heavy atom. The molecule has 0 unspecified atom stereocenters. The molecule has 5 heteroatoms. The van der Waals surface area contributed by atoms with E-state index in [1.54, 1.807) is 0 Å². The van der Waals surface area contributed by atoms with Crippen LogP contribution in [0.2, 0.25) is 10.0 Å². The minimum absolute atomic E-state index is 0.271. The molecule has 2 aromatic rings. The van der Waals surface area contributed by atoms with Crippen molar-refractivity contribution in [1.82, 2.24) is 4.90 Å².